The van der Waals surface area contributed by atoms with E-state index < -0.39 is 6.23 Å². The van der Waals surface area contributed by atoms with E-state index >= 15 is 0 Å². The van der Waals surface area contributed by atoms with E-state index in [-0.39, 0.29) is 11.8 Å². The van der Waals surface area contributed by atoms with Crippen LogP contribution in [0, 0.1) is 0 Å². The number of ketones is 1. The Labute approximate surface area is 164 Å². The Balaban J connectivity index is 1.64. The third-order valence-corrected chi connectivity index (χ3v) is 5.55. The number of hydrogen-bond acceptors (Lipinski definition) is 4. The van der Waals surface area contributed by atoms with Gasteiger partial charge in [0, 0.05) is 25.4 Å². The quantitative estimate of drug-likeness (QED) is 0.326. The van der Waals surface area contributed by atoms with E-state index in [2.05, 4.69) is 65.2 Å². The third kappa shape index (κ3) is 3.59. The lowest BCUT2D eigenvalue weighted by Crippen LogP contribution is -2.42. The first-order valence-corrected chi connectivity index (χ1v) is 9.80. The van der Waals surface area contributed by atoms with Gasteiger partial charge in [-0.25, -0.2) is 0 Å². The van der Waals surface area contributed by atoms with Gasteiger partial charge >= 0.3 is 0 Å². The van der Waals surface area contributed by atoms with Crippen molar-refractivity contribution in [3.63, 3.8) is 0 Å². The van der Waals surface area contributed by atoms with Gasteiger partial charge in [-0.15, -0.1) is 0 Å². The predicted molar refractivity (Wildman–Crippen MR) is 116 cm³/mol. The summed E-state index contributed by atoms with van der Waals surface area (Å²) in [4.78, 5) is 11.3. The first-order valence-electron chi connectivity index (χ1n) is 9.80. The zero-order valence-corrected chi connectivity index (χ0v) is 16.3. The molecule has 28 heavy (non-hydrogen) atoms. The molecule has 0 heterocycles. The van der Waals surface area contributed by atoms with Crippen LogP contribution >= 0.6 is 0 Å². The fraction of sp³-hybridized carbons (Fsp3) is 0.292. The summed E-state index contributed by atoms with van der Waals surface area (Å²) in [5.74, 6) is 0.141. The summed E-state index contributed by atoms with van der Waals surface area (Å²) < 4.78 is 0. The number of aliphatic hydroxyl groups is 1. The van der Waals surface area contributed by atoms with Crippen molar-refractivity contribution in [3.05, 3.63) is 60.2 Å². The van der Waals surface area contributed by atoms with Gasteiger partial charge < -0.3 is 10.4 Å². The van der Waals surface area contributed by atoms with E-state index in [9.17, 15) is 9.90 Å². The van der Waals surface area contributed by atoms with Gasteiger partial charge in [-0.3, -0.25) is 10.1 Å². The molecule has 0 aliphatic heterocycles. The van der Waals surface area contributed by atoms with Gasteiger partial charge in [-0.2, -0.15) is 0 Å². The van der Waals surface area contributed by atoms with Crippen molar-refractivity contribution >= 4 is 38.1 Å². The monoisotopic (exact) mass is 374 g/mol. The van der Waals surface area contributed by atoms with E-state index in [1.165, 1.54) is 32.3 Å². The third-order valence-electron chi connectivity index (χ3n) is 5.55. The maximum absolute atomic E-state index is 11.3. The van der Waals surface area contributed by atoms with Crippen LogP contribution in [-0.4, -0.2) is 36.8 Å². The van der Waals surface area contributed by atoms with Crippen molar-refractivity contribution in [1.82, 2.24) is 10.6 Å². The second-order valence-corrected chi connectivity index (χ2v) is 7.60. The molecule has 3 N–H and O–H groups in total. The summed E-state index contributed by atoms with van der Waals surface area (Å²) in [6, 6.07) is 19.3. The van der Waals surface area contributed by atoms with Gasteiger partial charge in [-0.05, 0) is 51.9 Å². The maximum Gasteiger partial charge on any atom is 0.131 e. The smallest absolute Gasteiger partial charge is 0.131 e. The molecule has 0 bridgehead atoms. The van der Waals surface area contributed by atoms with E-state index in [1.807, 2.05) is 7.05 Å². The molecule has 0 aromatic heterocycles. The van der Waals surface area contributed by atoms with Gasteiger partial charge in [0.25, 0.3) is 0 Å². The molecule has 0 amide bonds. The number of rotatable bonds is 8. The Kier molecular flexibility index (Phi) is 5.27. The van der Waals surface area contributed by atoms with Gasteiger partial charge in [0.15, 0.2) is 0 Å². The molecular weight excluding hydrogens is 348 g/mol. The van der Waals surface area contributed by atoms with Gasteiger partial charge in [0.1, 0.15) is 12.0 Å². The number of carbonyl (C=O) groups is 1. The molecule has 0 radical (unpaired) electrons. The number of Topliss-reactive ketones (excluding diaryl/α,β-unsaturated/α-hetero) is 1. The van der Waals surface area contributed by atoms with Gasteiger partial charge in [-0.1, -0.05) is 54.6 Å². The van der Waals surface area contributed by atoms with Crippen LogP contribution < -0.4 is 10.6 Å². The normalized spacial score (nSPS) is 14.1. The molecule has 0 spiro atoms. The average molecular weight is 374 g/mol. The van der Waals surface area contributed by atoms with Crippen LogP contribution in [0.15, 0.2) is 54.6 Å². The standard InChI is InChI=1S/C24H26N2O2/c1-15(27)11-20(25-2)14-26-22(28)13-19-12-18-7-3-5-16-9-10-17-6-4-8-21(19)24(17)23(16)18/h3-10,12,20,22,25-26,28H,11,13-14H2,1-2H3/t20-,22?/m1/s1. The molecule has 0 aliphatic carbocycles. The molecule has 0 saturated carbocycles. The van der Waals surface area contributed by atoms with Gasteiger partial charge in [0.05, 0.1) is 0 Å². The highest BCUT2D eigenvalue weighted by Crippen LogP contribution is 2.36. The van der Waals surface area contributed by atoms with E-state index in [0.717, 1.165) is 5.56 Å². The minimum absolute atomic E-state index is 0.0189. The number of hydrogen-bond donors (Lipinski definition) is 3. The molecule has 4 nitrogen and oxygen atoms in total. The molecule has 4 heteroatoms. The number of benzene rings is 4. The van der Waals surface area contributed by atoms with Crippen LogP contribution in [0.1, 0.15) is 18.9 Å². The first kappa shape index (κ1) is 18.8. The minimum Gasteiger partial charge on any atom is -0.378 e. The largest absolute Gasteiger partial charge is 0.378 e. The fourth-order valence-corrected chi connectivity index (χ4v) is 4.19. The lowest BCUT2D eigenvalue weighted by molar-refractivity contribution is -0.117. The van der Waals surface area contributed by atoms with Crippen LogP contribution in [0.4, 0.5) is 0 Å². The topological polar surface area (TPSA) is 61.4 Å². The summed E-state index contributed by atoms with van der Waals surface area (Å²) in [5, 5.41) is 24.3. The summed E-state index contributed by atoms with van der Waals surface area (Å²) in [6.45, 7) is 2.13. The van der Waals surface area contributed by atoms with E-state index in [4.69, 9.17) is 0 Å². The molecule has 0 aliphatic rings. The van der Waals surface area contributed by atoms with E-state index in [0.29, 0.717) is 19.4 Å². The van der Waals surface area contributed by atoms with Crippen LogP contribution in [0.3, 0.4) is 0 Å². The Morgan fingerprint density at radius 1 is 1.00 bits per heavy atom. The van der Waals surface area contributed by atoms with Crippen LogP contribution in [0.2, 0.25) is 0 Å². The van der Waals surface area contributed by atoms with Crippen molar-refractivity contribution in [1.29, 1.82) is 0 Å². The summed E-state index contributed by atoms with van der Waals surface area (Å²) in [6.07, 6.45) is 0.294. The van der Waals surface area contributed by atoms with Crippen molar-refractivity contribution in [3.8, 4) is 0 Å². The average Bonchev–Trinajstić information content (AvgIpc) is 2.69. The maximum atomic E-state index is 11.3. The molecule has 144 valence electrons. The van der Waals surface area contributed by atoms with Crippen LogP contribution in [-0.2, 0) is 11.2 Å². The predicted octanol–water partition coefficient (Wildman–Crippen LogP) is 3.60. The van der Waals surface area contributed by atoms with Crippen LogP contribution in [0.25, 0.3) is 32.3 Å². The molecule has 4 aromatic carbocycles. The number of aliphatic hydroxyl groups excluding tert-OH is 1. The lowest BCUT2D eigenvalue weighted by atomic mass is 9.90. The molecular formula is C24H26N2O2. The zero-order valence-electron chi connectivity index (χ0n) is 16.3. The summed E-state index contributed by atoms with van der Waals surface area (Å²) in [5.41, 5.74) is 1.13. The van der Waals surface area contributed by atoms with Crippen molar-refractivity contribution < 1.29 is 9.90 Å². The highest BCUT2D eigenvalue weighted by atomic mass is 16.3. The first-order chi connectivity index (χ1) is 13.6. The second-order valence-electron chi connectivity index (χ2n) is 7.60. The lowest BCUT2D eigenvalue weighted by Gasteiger charge is -2.20. The van der Waals surface area contributed by atoms with Gasteiger partial charge in [0.2, 0.25) is 0 Å². The molecule has 0 saturated heterocycles. The Morgan fingerprint density at radius 2 is 1.68 bits per heavy atom. The van der Waals surface area contributed by atoms with E-state index in [1.54, 1.807) is 6.92 Å². The van der Waals surface area contributed by atoms with Crippen molar-refractivity contribution in [2.45, 2.75) is 32.0 Å². The van der Waals surface area contributed by atoms with Crippen molar-refractivity contribution in [2.24, 2.45) is 0 Å². The Morgan fingerprint density at radius 3 is 2.39 bits per heavy atom. The van der Waals surface area contributed by atoms with Crippen molar-refractivity contribution in [2.75, 3.05) is 13.6 Å². The number of carbonyl (C=O) groups excluding carboxylic acids is 1. The Bertz CT molecular complexity index is 1120. The highest BCUT2D eigenvalue weighted by molar-refractivity contribution is 6.23. The molecule has 4 aromatic rings. The molecule has 1 unspecified atom stereocenters. The highest BCUT2D eigenvalue weighted by Gasteiger charge is 2.15. The number of nitrogens with one attached hydrogen (secondary N) is 2. The number of likely N-dealkylation sites (N-methyl/N-ethyl adjacent to an activating group) is 1. The molecule has 0 fully saturated rings. The minimum atomic E-state index is -0.672. The summed E-state index contributed by atoms with van der Waals surface area (Å²) >= 11 is 0. The Hall–Kier alpha value is -2.53. The second kappa shape index (κ2) is 7.84. The SMILES string of the molecule is CN[C@@H](CNC(O)Cc1cc2cccc3ccc4cccc1c4c32)CC(C)=O. The summed E-state index contributed by atoms with van der Waals surface area (Å²) in [7, 11) is 1.84. The molecule has 2 atom stereocenters. The fourth-order valence-electron chi connectivity index (χ4n) is 4.19. The van der Waals surface area contributed by atoms with Crippen LogP contribution in [0.5, 0.6) is 0 Å². The molecule has 4 rings (SSSR count). The zero-order chi connectivity index (χ0) is 19.7.